The Morgan fingerprint density at radius 2 is 2.32 bits per heavy atom. The summed E-state index contributed by atoms with van der Waals surface area (Å²) in [7, 11) is 0. The lowest BCUT2D eigenvalue weighted by Crippen LogP contribution is -1.99. The van der Waals surface area contributed by atoms with Gasteiger partial charge in [-0.05, 0) is 24.1 Å². The van der Waals surface area contributed by atoms with E-state index >= 15 is 0 Å². The van der Waals surface area contributed by atoms with Gasteiger partial charge in [-0.1, -0.05) is 30.4 Å². The van der Waals surface area contributed by atoms with E-state index < -0.39 is 5.97 Å². The number of hydrogen-bond donors (Lipinski definition) is 2. The first kappa shape index (κ1) is 13.4. The lowest BCUT2D eigenvalue weighted by molar-refractivity contribution is 0.0692. The molecule has 0 aliphatic carbocycles. The van der Waals surface area contributed by atoms with Crippen LogP contribution in [0.4, 0.5) is 5.13 Å². The third-order valence-corrected chi connectivity index (χ3v) is 3.35. The Morgan fingerprint density at radius 3 is 3.00 bits per heavy atom. The number of benzene rings is 1. The summed E-state index contributed by atoms with van der Waals surface area (Å²) in [5.74, 6) is -0.370. The summed E-state index contributed by atoms with van der Waals surface area (Å²) in [6.07, 6.45) is 0.915. The van der Waals surface area contributed by atoms with E-state index in [1.165, 1.54) is 0 Å². The molecule has 0 aliphatic rings. The highest BCUT2D eigenvalue weighted by atomic mass is 32.1. The largest absolute Gasteiger partial charge is 0.494 e. The molecule has 0 fully saturated rings. The first-order valence-corrected chi connectivity index (χ1v) is 6.66. The van der Waals surface area contributed by atoms with Crippen LogP contribution in [0.3, 0.4) is 0 Å². The van der Waals surface area contributed by atoms with E-state index in [4.69, 9.17) is 15.6 Å². The molecule has 6 heteroatoms. The quantitative estimate of drug-likeness (QED) is 0.878. The second-order valence-corrected chi connectivity index (χ2v) is 4.94. The minimum absolute atomic E-state index is 0.0184. The summed E-state index contributed by atoms with van der Waals surface area (Å²) in [6.45, 7) is 2.65. The second-order valence-electron chi connectivity index (χ2n) is 3.91. The van der Waals surface area contributed by atoms with Crippen LogP contribution in [-0.2, 0) is 0 Å². The molecule has 100 valence electrons. The number of rotatable bonds is 5. The minimum Gasteiger partial charge on any atom is -0.494 e. The van der Waals surface area contributed by atoms with Gasteiger partial charge in [0.25, 0.3) is 0 Å². The Balaban J connectivity index is 2.38. The van der Waals surface area contributed by atoms with Crippen LogP contribution in [0, 0.1) is 0 Å². The van der Waals surface area contributed by atoms with Gasteiger partial charge in [-0.15, -0.1) is 0 Å². The van der Waals surface area contributed by atoms with Gasteiger partial charge in [0, 0.05) is 0 Å². The van der Waals surface area contributed by atoms with Gasteiger partial charge in [0.2, 0.25) is 0 Å². The highest BCUT2D eigenvalue weighted by Gasteiger charge is 2.18. The summed E-state index contributed by atoms with van der Waals surface area (Å²) in [4.78, 5) is 15.5. The van der Waals surface area contributed by atoms with Gasteiger partial charge in [0.15, 0.2) is 10.8 Å². The van der Waals surface area contributed by atoms with Crippen molar-refractivity contribution in [3.8, 4) is 16.2 Å². The van der Waals surface area contributed by atoms with Crippen molar-refractivity contribution in [2.75, 3.05) is 12.3 Å². The van der Waals surface area contributed by atoms with Crippen LogP contribution in [0.2, 0.25) is 0 Å². The number of carbonyl (C=O) groups is 1. The second kappa shape index (κ2) is 5.71. The third kappa shape index (κ3) is 3.03. The molecule has 1 heterocycles. The summed E-state index contributed by atoms with van der Waals surface area (Å²) in [5, 5.41) is 9.35. The zero-order valence-electron chi connectivity index (χ0n) is 10.4. The molecule has 1 aromatic heterocycles. The van der Waals surface area contributed by atoms with Crippen LogP contribution in [-0.4, -0.2) is 22.7 Å². The molecule has 0 bridgehead atoms. The molecule has 0 unspecified atom stereocenters. The van der Waals surface area contributed by atoms with Gasteiger partial charge in [0.05, 0.1) is 11.5 Å². The molecule has 2 aromatic rings. The zero-order chi connectivity index (χ0) is 13.8. The Morgan fingerprint density at radius 1 is 1.53 bits per heavy atom. The fourth-order valence-electron chi connectivity index (χ4n) is 1.62. The maximum atomic E-state index is 11.1. The van der Waals surface area contributed by atoms with Crippen molar-refractivity contribution in [2.24, 2.45) is 0 Å². The molecule has 0 amide bonds. The molecule has 19 heavy (non-hydrogen) atoms. The van der Waals surface area contributed by atoms with Crippen molar-refractivity contribution in [2.45, 2.75) is 13.3 Å². The number of nitrogens with two attached hydrogens (primary N) is 1. The summed E-state index contributed by atoms with van der Waals surface area (Å²) < 4.78 is 5.53. The van der Waals surface area contributed by atoms with Crippen LogP contribution in [0.15, 0.2) is 24.3 Å². The van der Waals surface area contributed by atoms with E-state index in [1.807, 2.05) is 25.1 Å². The van der Waals surface area contributed by atoms with Crippen molar-refractivity contribution < 1.29 is 14.6 Å². The number of nitrogens with zero attached hydrogens (tertiary/aromatic N) is 1. The number of carboxylic acid groups (broad SMARTS) is 1. The molecule has 1 aromatic carbocycles. The average molecular weight is 278 g/mol. The molecule has 5 nitrogen and oxygen atoms in total. The summed E-state index contributed by atoms with van der Waals surface area (Å²) >= 11 is 1.16. The Bertz CT molecular complexity index is 595. The SMILES string of the molecule is CCCOc1cccc(-c2sc(N)nc2C(=O)O)c1. The van der Waals surface area contributed by atoms with Gasteiger partial charge in [-0.25, -0.2) is 9.78 Å². The highest BCUT2D eigenvalue weighted by molar-refractivity contribution is 7.19. The number of carboxylic acids is 1. The van der Waals surface area contributed by atoms with Crippen molar-refractivity contribution in [3.63, 3.8) is 0 Å². The molecule has 0 spiro atoms. The van der Waals surface area contributed by atoms with Crippen LogP contribution >= 0.6 is 11.3 Å². The molecule has 0 radical (unpaired) electrons. The lowest BCUT2D eigenvalue weighted by Gasteiger charge is -2.06. The van der Waals surface area contributed by atoms with Crippen LogP contribution in [0.5, 0.6) is 5.75 Å². The molecule has 2 rings (SSSR count). The summed E-state index contributed by atoms with van der Waals surface area (Å²) in [5.41, 5.74) is 6.32. The smallest absolute Gasteiger partial charge is 0.356 e. The van der Waals surface area contributed by atoms with E-state index in [2.05, 4.69) is 4.98 Å². The van der Waals surface area contributed by atoms with Crippen molar-refractivity contribution >= 4 is 22.4 Å². The fraction of sp³-hybridized carbons (Fsp3) is 0.231. The normalized spacial score (nSPS) is 10.4. The molecule has 3 N–H and O–H groups in total. The van der Waals surface area contributed by atoms with Gasteiger partial charge in [-0.2, -0.15) is 0 Å². The Labute approximate surface area is 114 Å². The third-order valence-electron chi connectivity index (χ3n) is 2.42. The van der Waals surface area contributed by atoms with Crippen molar-refractivity contribution in [3.05, 3.63) is 30.0 Å². The molecule has 0 atom stereocenters. The van der Waals surface area contributed by atoms with Crippen molar-refractivity contribution in [1.82, 2.24) is 4.98 Å². The highest BCUT2D eigenvalue weighted by Crippen LogP contribution is 2.33. The molecule has 0 saturated heterocycles. The van der Waals surface area contributed by atoms with Gasteiger partial charge in [0.1, 0.15) is 5.75 Å². The first-order chi connectivity index (χ1) is 9.11. The van der Waals surface area contributed by atoms with Crippen LogP contribution in [0.1, 0.15) is 23.8 Å². The monoisotopic (exact) mass is 278 g/mol. The molecule has 0 aliphatic heterocycles. The van der Waals surface area contributed by atoms with Gasteiger partial charge < -0.3 is 15.6 Å². The molecular weight excluding hydrogens is 264 g/mol. The van der Waals surface area contributed by atoms with E-state index in [0.29, 0.717) is 17.2 Å². The van der Waals surface area contributed by atoms with E-state index in [1.54, 1.807) is 6.07 Å². The fourth-order valence-corrected chi connectivity index (χ4v) is 2.44. The predicted molar refractivity (Wildman–Crippen MR) is 74.7 cm³/mol. The number of thiazole rings is 1. The van der Waals surface area contributed by atoms with Crippen LogP contribution in [0.25, 0.3) is 10.4 Å². The number of aromatic carboxylic acids is 1. The number of ether oxygens (including phenoxy) is 1. The van der Waals surface area contributed by atoms with Gasteiger partial charge in [-0.3, -0.25) is 0 Å². The van der Waals surface area contributed by atoms with Crippen molar-refractivity contribution in [1.29, 1.82) is 0 Å². The Hall–Kier alpha value is -2.08. The number of anilines is 1. The first-order valence-electron chi connectivity index (χ1n) is 5.84. The lowest BCUT2D eigenvalue weighted by atomic mass is 10.1. The minimum atomic E-state index is -1.08. The van der Waals surface area contributed by atoms with Crippen LogP contribution < -0.4 is 10.5 Å². The maximum Gasteiger partial charge on any atom is 0.356 e. The molecule has 0 saturated carbocycles. The number of nitrogen functional groups attached to an aromatic ring is 1. The average Bonchev–Trinajstić information content (AvgIpc) is 2.79. The van der Waals surface area contributed by atoms with E-state index in [0.717, 1.165) is 23.3 Å². The predicted octanol–water partition coefficient (Wildman–Crippen LogP) is 2.88. The zero-order valence-corrected chi connectivity index (χ0v) is 11.2. The van der Waals surface area contributed by atoms with E-state index in [-0.39, 0.29) is 10.8 Å². The maximum absolute atomic E-state index is 11.1. The topological polar surface area (TPSA) is 85.4 Å². The Kier molecular flexibility index (Phi) is 4.01. The molecular formula is C13H14N2O3S. The standard InChI is InChI=1S/C13H14N2O3S/c1-2-6-18-9-5-3-4-8(7-9)11-10(12(16)17)15-13(14)19-11/h3-5,7H,2,6H2,1H3,(H2,14,15)(H,16,17). The van der Waals surface area contributed by atoms with E-state index in [9.17, 15) is 4.79 Å². The number of hydrogen-bond acceptors (Lipinski definition) is 5. The van der Waals surface area contributed by atoms with Gasteiger partial charge >= 0.3 is 5.97 Å². The number of aromatic nitrogens is 1. The summed E-state index contributed by atoms with van der Waals surface area (Å²) in [6, 6.07) is 7.28.